The Balaban J connectivity index is 2.15. The number of nitrogens with zero attached hydrogens (tertiary/aromatic N) is 1. The minimum atomic E-state index is -3.80. The van der Waals surface area contributed by atoms with Gasteiger partial charge in [0, 0.05) is 25.2 Å². The number of sulfonamides is 2. The van der Waals surface area contributed by atoms with Crippen molar-refractivity contribution in [1.29, 1.82) is 0 Å². The minimum absolute atomic E-state index is 0.0261. The highest BCUT2D eigenvalue weighted by Crippen LogP contribution is 2.19. The van der Waals surface area contributed by atoms with Gasteiger partial charge in [-0.25, -0.2) is 26.5 Å². The third-order valence-electron chi connectivity index (χ3n) is 2.70. The van der Waals surface area contributed by atoms with E-state index in [0.29, 0.717) is 0 Å². The van der Waals surface area contributed by atoms with Gasteiger partial charge >= 0.3 is 0 Å². The van der Waals surface area contributed by atoms with E-state index in [1.807, 2.05) is 0 Å². The van der Waals surface area contributed by atoms with Gasteiger partial charge in [0.15, 0.2) is 5.13 Å². The summed E-state index contributed by atoms with van der Waals surface area (Å²) >= 11 is 1.14. The Bertz CT molecular complexity index is 831. The summed E-state index contributed by atoms with van der Waals surface area (Å²) in [5, 5.41) is 1.88. The fourth-order valence-corrected chi connectivity index (χ4v) is 4.41. The third-order valence-corrected chi connectivity index (χ3v) is 6.35. The first-order chi connectivity index (χ1) is 10.8. The highest BCUT2D eigenvalue weighted by Gasteiger charge is 2.18. The van der Waals surface area contributed by atoms with Gasteiger partial charge in [-0.3, -0.25) is 4.72 Å². The van der Waals surface area contributed by atoms with Crippen molar-refractivity contribution >= 4 is 36.5 Å². The Hall–Kier alpha value is -1.53. The second-order valence-corrected chi connectivity index (χ2v) is 8.65. The molecule has 0 saturated carbocycles. The van der Waals surface area contributed by atoms with E-state index in [0.717, 1.165) is 11.3 Å². The molecule has 0 unspecified atom stereocenters. The van der Waals surface area contributed by atoms with Gasteiger partial charge in [-0.2, -0.15) is 0 Å². The lowest BCUT2D eigenvalue weighted by molar-refractivity contribution is 0.204. The fourth-order valence-electron chi connectivity index (χ4n) is 1.61. The molecule has 8 nitrogen and oxygen atoms in total. The maximum Gasteiger partial charge on any atom is 0.263 e. The van der Waals surface area contributed by atoms with Gasteiger partial charge in [-0.15, -0.1) is 11.3 Å². The average Bonchev–Trinajstić information content (AvgIpc) is 3.00. The molecule has 0 radical (unpaired) electrons. The van der Waals surface area contributed by atoms with E-state index in [1.165, 1.54) is 37.6 Å². The summed E-state index contributed by atoms with van der Waals surface area (Å²) < 4.78 is 57.7. The van der Waals surface area contributed by atoms with Crippen molar-refractivity contribution in [3.63, 3.8) is 0 Å². The van der Waals surface area contributed by atoms with E-state index in [1.54, 1.807) is 5.38 Å². The summed E-state index contributed by atoms with van der Waals surface area (Å²) in [5.41, 5.74) is 0. The molecule has 0 atom stereocenters. The first-order valence-electron chi connectivity index (χ1n) is 6.36. The Labute approximate surface area is 138 Å². The van der Waals surface area contributed by atoms with Crippen molar-refractivity contribution in [3.05, 3.63) is 35.8 Å². The van der Waals surface area contributed by atoms with Gasteiger partial charge in [0.2, 0.25) is 10.0 Å². The minimum Gasteiger partial charge on any atom is -0.383 e. The molecule has 0 aliphatic carbocycles. The lowest BCUT2D eigenvalue weighted by Crippen LogP contribution is -2.27. The number of hydrogen-bond donors (Lipinski definition) is 2. The van der Waals surface area contributed by atoms with Crippen molar-refractivity contribution in [2.24, 2.45) is 0 Å². The van der Waals surface area contributed by atoms with Crippen LogP contribution in [0.5, 0.6) is 0 Å². The fraction of sp³-hybridized carbons (Fsp3) is 0.250. The standard InChI is InChI=1S/C12H15N3O5S3/c1-20-8-6-14-22(16,17)10-2-4-11(5-3-10)23(18,19)15-12-13-7-9-21-12/h2-5,7,9,14H,6,8H2,1H3,(H,13,15). The highest BCUT2D eigenvalue weighted by atomic mass is 32.2. The van der Waals surface area contributed by atoms with E-state index in [9.17, 15) is 16.8 Å². The number of thiazole rings is 1. The third kappa shape index (κ3) is 4.72. The number of hydrogen-bond acceptors (Lipinski definition) is 7. The maximum absolute atomic E-state index is 12.1. The summed E-state index contributed by atoms with van der Waals surface area (Å²) in [7, 11) is -6.04. The van der Waals surface area contributed by atoms with Crippen LogP contribution in [0.25, 0.3) is 0 Å². The first kappa shape index (κ1) is 17.8. The zero-order valence-corrected chi connectivity index (χ0v) is 14.5. The molecule has 2 aromatic rings. The molecule has 0 fully saturated rings. The second kappa shape index (κ2) is 7.36. The molecule has 0 bridgehead atoms. The van der Waals surface area contributed by atoms with E-state index in [4.69, 9.17) is 4.74 Å². The molecular weight excluding hydrogens is 362 g/mol. The molecule has 1 aromatic heterocycles. The Morgan fingerprint density at radius 1 is 1.09 bits per heavy atom. The lowest BCUT2D eigenvalue weighted by Gasteiger charge is -2.08. The van der Waals surface area contributed by atoms with Gasteiger partial charge in [0.1, 0.15) is 0 Å². The number of anilines is 1. The summed E-state index contributed by atoms with van der Waals surface area (Å²) in [4.78, 5) is 3.76. The molecule has 1 heterocycles. The number of rotatable bonds is 8. The predicted octanol–water partition coefficient (Wildman–Crippen LogP) is 0.869. The molecular formula is C12H15N3O5S3. The van der Waals surface area contributed by atoms with Crippen LogP contribution in [0.15, 0.2) is 45.6 Å². The van der Waals surface area contributed by atoms with Crippen LogP contribution >= 0.6 is 11.3 Å². The van der Waals surface area contributed by atoms with Crippen LogP contribution in [-0.4, -0.2) is 42.1 Å². The van der Waals surface area contributed by atoms with Crippen molar-refractivity contribution in [2.45, 2.75) is 9.79 Å². The molecule has 2 rings (SSSR count). The van der Waals surface area contributed by atoms with Gasteiger partial charge in [-0.05, 0) is 24.3 Å². The van der Waals surface area contributed by atoms with Crippen LogP contribution in [0.3, 0.4) is 0 Å². The van der Waals surface area contributed by atoms with Gasteiger partial charge in [0.05, 0.1) is 16.4 Å². The summed E-state index contributed by atoms with van der Waals surface area (Å²) in [6, 6.07) is 4.90. The lowest BCUT2D eigenvalue weighted by atomic mass is 10.4. The number of benzene rings is 1. The van der Waals surface area contributed by atoms with Crippen molar-refractivity contribution in [2.75, 3.05) is 25.0 Å². The van der Waals surface area contributed by atoms with Crippen LogP contribution in [-0.2, 0) is 24.8 Å². The van der Waals surface area contributed by atoms with Gasteiger partial charge in [0.25, 0.3) is 10.0 Å². The molecule has 11 heteroatoms. The van der Waals surface area contributed by atoms with Gasteiger partial charge in [-0.1, -0.05) is 0 Å². The Kier molecular flexibility index (Phi) is 5.70. The number of ether oxygens (including phenoxy) is 1. The van der Waals surface area contributed by atoms with Crippen LogP contribution in [0.1, 0.15) is 0 Å². The van der Waals surface area contributed by atoms with Crippen molar-refractivity contribution < 1.29 is 21.6 Å². The summed E-state index contributed by atoms with van der Waals surface area (Å²) in [6.07, 6.45) is 1.48. The van der Waals surface area contributed by atoms with Crippen LogP contribution in [0, 0.1) is 0 Å². The van der Waals surface area contributed by atoms with Gasteiger partial charge < -0.3 is 4.74 Å². The second-order valence-electron chi connectivity index (χ2n) is 4.30. The number of aromatic nitrogens is 1. The first-order valence-corrected chi connectivity index (χ1v) is 10.2. The van der Waals surface area contributed by atoms with E-state index in [-0.39, 0.29) is 28.1 Å². The largest absolute Gasteiger partial charge is 0.383 e. The van der Waals surface area contributed by atoms with Crippen LogP contribution in [0.2, 0.25) is 0 Å². The van der Waals surface area contributed by atoms with Crippen molar-refractivity contribution in [3.8, 4) is 0 Å². The molecule has 0 amide bonds. The summed E-state index contributed by atoms with van der Waals surface area (Å²) in [5.74, 6) is 0. The molecule has 1 aromatic carbocycles. The number of nitrogens with one attached hydrogen (secondary N) is 2. The van der Waals surface area contributed by atoms with E-state index in [2.05, 4.69) is 14.4 Å². The maximum atomic E-state index is 12.1. The van der Waals surface area contributed by atoms with Crippen LogP contribution < -0.4 is 9.44 Å². The quantitative estimate of drug-likeness (QED) is 0.660. The predicted molar refractivity (Wildman–Crippen MR) is 86.4 cm³/mol. The molecule has 23 heavy (non-hydrogen) atoms. The topological polar surface area (TPSA) is 114 Å². The molecule has 0 saturated heterocycles. The van der Waals surface area contributed by atoms with E-state index < -0.39 is 20.0 Å². The normalized spacial score (nSPS) is 12.2. The zero-order chi connectivity index (χ0) is 16.9. The molecule has 2 N–H and O–H groups in total. The Morgan fingerprint density at radius 3 is 2.22 bits per heavy atom. The smallest absolute Gasteiger partial charge is 0.263 e. The summed E-state index contributed by atoms with van der Waals surface area (Å²) in [6.45, 7) is 0.369. The number of methoxy groups -OCH3 is 1. The highest BCUT2D eigenvalue weighted by molar-refractivity contribution is 7.93. The monoisotopic (exact) mass is 377 g/mol. The zero-order valence-electron chi connectivity index (χ0n) is 12.1. The molecule has 126 valence electrons. The molecule has 0 spiro atoms. The van der Waals surface area contributed by atoms with Crippen LogP contribution in [0.4, 0.5) is 5.13 Å². The molecule has 0 aliphatic heterocycles. The SMILES string of the molecule is COCCNS(=O)(=O)c1ccc(S(=O)(=O)Nc2nccs2)cc1. The Morgan fingerprint density at radius 2 is 1.70 bits per heavy atom. The molecule has 0 aliphatic rings. The van der Waals surface area contributed by atoms with Crippen molar-refractivity contribution in [1.82, 2.24) is 9.71 Å². The van der Waals surface area contributed by atoms with E-state index >= 15 is 0 Å². The average molecular weight is 377 g/mol.